The van der Waals surface area contributed by atoms with Crippen LogP contribution in [0.2, 0.25) is 0 Å². The van der Waals surface area contributed by atoms with E-state index in [0.717, 1.165) is 0 Å². The van der Waals surface area contributed by atoms with E-state index in [1.54, 1.807) is 26.0 Å². The summed E-state index contributed by atoms with van der Waals surface area (Å²) in [5.74, 6) is -1.02. The molecule has 0 aliphatic heterocycles. The van der Waals surface area contributed by atoms with E-state index in [-0.39, 0.29) is 11.5 Å². The van der Waals surface area contributed by atoms with Gasteiger partial charge in [-0.05, 0) is 31.5 Å². The third-order valence-corrected chi connectivity index (χ3v) is 2.72. The maximum atomic E-state index is 11.9. The number of carbonyl (C=O) groups is 2. The fourth-order valence-electron chi connectivity index (χ4n) is 1.65. The van der Waals surface area contributed by atoms with Crippen molar-refractivity contribution in [1.82, 2.24) is 5.16 Å². The van der Waals surface area contributed by atoms with Crippen LogP contribution in [0.1, 0.15) is 32.0 Å². The Morgan fingerprint density at radius 1 is 1.26 bits per heavy atom. The summed E-state index contributed by atoms with van der Waals surface area (Å²) in [7, 11) is 0. The summed E-state index contributed by atoms with van der Waals surface area (Å²) in [5, 5.41) is 15.1. The Morgan fingerprint density at radius 2 is 2.00 bits per heavy atom. The third kappa shape index (κ3) is 2.62. The predicted molar refractivity (Wildman–Crippen MR) is 67.3 cm³/mol. The minimum Gasteiger partial charge on any atom is -0.478 e. The van der Waals surface area contributed by atoms with Gasteiger partial charge in [0.1, 0.15) is 11.3 Å². The second-order valence-corrected chi connectivity index (χ2v) is 4.08. The summed E-state index contributed by atoms with van der Waals surface area (Å²) in [6, 6.07) is 4.69. The lowest BCUT2D eigenvalue weighted by molar-refractivity contribution is 0.0695. The van der Waals surface area contributed by atoms with Crippen molar-refractivity contribution in [3.05, 3.63) is 46.8 Å². The van der Waals surface area contributed by atoms with Crippen LogP contribution in [0.15, 0.2) is 28.9 Å². The van der Waals surface area contributed by atoms with Crippen molar-refractivity contribution in [3.8, 4) is 0 Å². The van der Waals surface area contributed by atoms with Crippen molar-refractivity contribution >= 4 is 17.6 Å². The molecule has 1 amide bonds. The van der Waals surface area contributed by atoms with E-state index in [4.69, 9.17) is 9.63 Å². The number of hydrogen-bond acceptors (Lipinski definition) is 4. The van der Waals surface area contributed by atoms with Crippen LogP contribution in [0.4, 0.5) is 5.69 Å². The lowest BCUT2D eigenvalue weighted by atomic mass is 10.1. The summed E-state index contributed by atoms with van der Waals surface area (Å²) in [5.41, 5.74) is 1.51. The molecule has 6 nitrogen and oxygen atoms in total. The molecule has 0 spiro atoms. The zero-order chi connectivity index (χ0) is 14.0. The third-order valence-electron chi connectivity index (χ3n) is 2.72. The van der Waals surface area contributed by atoms with Crippen LogP contribution in [-0.2, 0) is 0 Å². The van der Waals surface area contributed by atoms with E-state index in [0.29, 0.717) is 22.6 Å². The van der Waals surface area contributed by atoms with Crippen molar-refractivity contribution < 1.29 is 19.2 Å². The van der Waals surface area contributed by atoms with Crippen LogP contribution in [0.25, 0.3) is 0 Å². The van der Waals surface area contributed by atoms with E-state index in [1.807, 2.05) is 0 Å². The molecule has 0 atom stereocenters. The number of nitrogens with zero attached hydrogens (tertiary/aromatic N) is 1. The van der Waals surface area contributed by atoms with Gasteiger partial charge in [0.15, 0.2) is 0 Å². The Kier molecular flexibility index (Phi) is 3.33. The fourth-order valence-corrected chi connectivity index (χ4v) is 1.65. The first-order valence-corrected chi connectivity index (χ1v) is 5.55. The number of aryl methyl sites for hydroxylation is 2. The largest absolute Gasteiger partial charge is 0.478 e. The van der Waals surface area contributed by atoms with Crippen LogP contribution < -0.4 is 5.32 Å². The van der Waals surface area contributed by atoms with Crippen molar-refractivity contribution in [2.24, 2.45) is 0 Å². The smallest absolute Gasteiger partial charge is 0.336 e. The Balaban J connectivity index is 2.25. The lowest BCUT2D eigenvalue weighted by Gasteiger charge is -2.07. The van der Waals surface area contributed by atoms with Crippen LogP contribution in [0.3, 0.4) is 0 Å². The molecule has 0 unspecified atom stereocenters. The number of hydrogen-bond donors (Lipinski definition) is 2. The number of amides is 1. The normalized spacial score (nSPS) is 10.2. The van der Waals surface area contributed by atoms with E-state index in [1.165, 1.54) is 12.3 Å². The van der Waals surface area contributed by atoms with E-state index in [2.05, 4.69) is 10.5 Å². The van der Waals surface area contributed by atoms with Gasteiger partial charge in [-0.1, -0.05) is 11.2 Å². The average Bonchev–Trinajstić information content (AvgIpc) is 2.77. The molecule has 2 rings (SSSR count). The van der Waals surface area contributed by atoms with Crippen molar-refractivity contribution in [1.29, 1.82) is 0 Å². The highest BCUT2D eigenvalue weighted by Gasteiger charge is 2.14. The van der Waals surface area contributed by atoms with Gasteiger partial charge in [-0.2, -0.15) is 0 Å². The number of rotatable bonds is 3. The number of carboxylic acid groups (broad SMARTS) is 1. The Labute approximate surface area is 109 Å². The minimum atomic E-state index is -1.03. The molecule has 1 heterocycles. The highest BCUT2D eigenvalue weighted by molar-refractivity contribution is 6.05. The van der Waals surface area contributed by atoms with Crippen LogP contribution in [0.5, 0.6) is 0 Å². The molecule has 0 radical (unpaired) electrons. The molecule has 2 N–H and O–H groups in total. The molecular weight excluding hydrogens is 248 g/mol. The van der Waals surface area contributed by atoms with Crippen molar-refractivity contribution in [2.75, 3.05) is 5.32 Å². The number of nitrogens with one attached hydrogen (secondary N) is 1. The highest BCUT2D eigenvalue weighted by Crippen LogP contribution is 2.17. The number of anilines is 1. The van der Waals surface area contributed by atoms with Gasteiger partial charge in [0.05, 0.1) is 11.8 Å². The van der Waals surface area contributed by atoms with Gasteiger partial charge >= 0.3 is 5.97 Å². The average molecular weight is 260 g/mol. The molecule has 0 saturated carbocycles. The Morgan fingerprint density at radius 3 is 2.58 bits per heavy atom. The van der Waals surface area contributed by atoms with Crippen molar-refractivity contribution in [3.63, 3.8) is 0 Å². The molecule has 0 fully saturated rings. The standard InChI is InChI=1S/C13H12N2O4/c1-7-3-4-9(5-10(7)13(17)18)15-12(16)11-6-14-19-8(11)2/h3-6H,1-2H3,(H,15,16)(H,17,18). The number of carboxylic acids is 1. The number of aromatic nitrogens is 1. The summed E-state index contributed by atoms with van der Waals surface area (Å²) in [4.78, 5) is 22.9. The first kappa shape index (κ1) is 12.8. The molecule has 2 aromatic rings. The lowest BCUT2D eigenvalue weighted by Crippen LogP contribution is -2.13. The van der Waals surface area contributed by atoms with Crippen LogP contribution in [-0.4, -0.2) is 22.1 Å². The molecule has 0 bridgehead atoms. The quantitative estimate of drug-likeness (QED) is 0.882. The summed E-state index contributed by atoms with van der Waals surface area (Å²) < 4.78 is 4.80. The highest BCUT2D eigenvalue weighted by atomic mass is 16.5. The topological polar surface area (TPSA) is 92.4 Å². The van der Waals surface area contributed by atoms with Crippen LogP contribution >= 0.6 is 0 Å². The molecule has 19 heavy (non-hydrogen) atoms. The summed E-state index contributed by atoms with van der Waals surface area (Å²) in [6.45, 7) is 3.32. The number of aromatic carboxylic acids is 1. The molecule has 0 saturated heterocycles. The van der Waals surface area contributed by atoms with E-state index < -0.39 is 5.97 Å². The first-order valence-electron chi connectivity index (χ1n) is 5.55. The maximum Gasteiger partial charge on any atom is 0.336 e. The van der Waals surface area contributed by atoms with Gasteiger partial charge in [0.25, 0.3) is 5.91 Å². The van der Waals surface area contributed by atoms with Gasteiger partial charge in [-0.15, -0.1) is 0 Å². The molecule has 0 aliphatic rings. The molecule has 0 aliphatic carbocycles. The molecule has 98 valence electrons. The molecule has 1 aromatic heterocycles. The number of carbonyl (C=O) groups excluding carboxylic acids is 1. The second kappa shape index (κ2) is 4.93. The monoisotopic (exact) mass is 260 g/mol. The Bertz CT molecular complexity index is 646. The molecular formula is C13H12N2O4. The number of benzene rings is 1. The van der Waals surface area contributed by atoms with E-state index >= 15 is 0 Å². The van der Waals surface area contributed by atoms with Gasteiger partial charge < -0.3 is 14.9 Å². The summed E-state index contributed by atoms with van der Waals surface area (Å²) >= 11 is 0. The zero-order valence-corrected chi connectivity index (χ0v) is 10.4. The first-order chi connectivity index (χ1) is 8.99. The zero-order valence-electron chi connectivity index (χ0n) is 10.4. The van der Waals surface area contributed by atoms with Gasteiger partial charge in [0, 0.05) is 5.69 Å². The Hall–Kier alpha value is -2.63. The SMILES string of the molecule is Cc1ccc(NC(=O)c2cnoc2C)cc1C(=O)O. The maximum absolute atomic E-state index is 11.9. The predicted octanol–water partition coefficient (Wildman–Crippen LogP) is 2.24. The van der Waals surface area contributed by atoms with Gasteiger partial charge in [-0.3, -0.25) is 4.79 Å². The van der Waals surface area contributed by atoms with Gasteiger partial charge in [-0.25, -0.2) is 4.79 Å². The second-order valence-electron chi connectivity index (χ2n) is 4.08. The van der Waals surface area contributed by atoms with Gasteiger partial charge in [0.2, 0.25) is 0 Å². The molecule has 1 aromatic carbocycles. The van der Waals surface area contributed by atoms with E-state index in [9.17, 15) is 9.59 Å². The summed E-state index contributed by atoms with van der Waals surface area (Å²) in [6.07, 6.45) is 1.32. The fraction of sp³-hybridized carbons (Fsp3) is 0.154. The molecule has 6 heteroatoms. The van der Waals surface area contributed by atoms with Crippen LogP contribution in [0, 0.1) is 13.8 Å². The minimum absolute atomic E-state index is 0.153. The van der Waals surface area contributed by atoms with Crippen molar-refractivity contribution in [2.45, 2.75) is 13.8 Å².